The number of hydrogen-bond donors (Lipinski definition) is 3. The van der Waals surface area contributed by atoms with Crippen molar-refractivity contribution < 1.29 is 24.9 Å². The summed E-state index contributed by atoms with van der Waals surface area (Å²) >= 11 is 5.65. The Labute approximate surface area is 95.9 Å². The zero-order valence-electron chi connectivity index (χ0n) is 8.05. The lowest BCUT2D eigenvalue weighted by atomic mass is 9.95. The zero-order valence-corrected chi connectivity index (χ0v) is 8.81. The highest BCUT2D eigenvalue weighted by atomic mass is 35.5. The number of halogens is 1. The third kappa shape index (κ3) is 2.87. The Balaban J connectivity index is 3.14. The van der Waals surface area contributed by atoms with Gasteiger partial charge in [0.25, 0.3) is 0 Å². The maximum absolute atomic E-state index is 10.9. The summed E-state index contributed by atoms with van der Waals surface area (Å²) in [4.78, 5) is 21.4. The Hall–Kier alpha value is -1.75. The Morgan fingerprint density at radius 3 is 2.44 bits per heavy atom. The van der Waals surface area contributed by atoms with Gasteiger partial charge in [-0.15, -0.1) is 0 Å². The monoisotopic (exact) mass is 244 g/mol. The Bertz CT molecular complexity index is 429. The van der Waals surface area contributed by atoms with Gasteiger partial charge in [-0.05, 0) is 18.2 Å². The minimum Gasteiger partial charge on any atom is -0.508 e. The number of aliphatic carboxylic acids is 2. The Morgan fingerprint density at radius 1 is 1.31 bits per heavy atom. The van der Waals surface area contributed by atoms with Gasteiger partial charge >= 0.3 is 11.9 Å². The van der Waals surface area contributed by atoms with Crippen LogP contribution in [0.5, 0.6) is 5.75 Å². The molecule has 3 N–H and O–H groups in total. The van der Waals surface area contributed by atoms with Crippen molar-refractivity contribution in [1.82, 2.24) is 0 Å². The molecule has 1 rings (SSSR count). The fraction of sp³-hybridized carbons (Fsp3) is 0.200. The molecule has 1 unspecified atom stereocenters. The van der Waals surface area contributed by atoms with Crippen LogP contribution in [0.15, 0.2) is 18.2 Å². The Kier molecular flexibility index (Phi) is 3.73. The molecule has 0 bridgehead atoms. The highest BCUT2D eigenvalue weighted by Gasteiger charge is 2.25. The van der Waals surface area contributed by atoms with Crippen LogP contribution in [0.1, 0.15) is 17.9 Å². The maximum Gasteiger partial charge on any atom is 0.311 e. The van der Waals surface area contributed by atoms with Crippen molar-refractivity contribution in [2.75, 3.05) is 0 Å². The van der Waals surface area contributed by atoms with E-state index in [9.17, 15) is 14.7 Å². The number of aromatic hydroxyl groups is 1. The van der Waals surface area contributed by atoms with Crippen LogP contribution < -0.4 is 0 Å². The van der Waals surface area contributed by atoms with Crippen molar-refractivity contribution in [3.63, 3.8) is 0 Å². The third-order valence-corrected chi connectivity index (χ3v) is 2.28. The minimum atomic E-state index is -1.32. The maximum atomic E-state index is 10.9. The molecule has 0 radical (unpaired) electrons. The summed E-state index contributed by atoms with van der Waals surface area (Å²) in [5.74, 6) is -4.17. The summed E-state index contributed by atoms with van der Waals surface area (Å²) in [7, 11) is 0. The number of phenolic OH excluding ortho intramolecular Hbond substituents is 1. The summed E-state index contributed by atoms with van der Waals surface area (Å²) in [5.41, 5.74) is 0.00222. The topological polar surface area (TPSA) is 94.8 Å². The molecule has 0 fully saturated rings. The Morgan fingerprint density at radius 2 is 1.94 bits per heavy atom. The van der Waals surface area contributed by atoms with Gasteiger partial charge < -0.3 is 15.3 Å². The van der Waals surface area contributed by atoms with E-state index in [1.807, 2.05) is 0 Å². The molecule has 6 heteroatoms. The second-order valence-corrected chi connectivity index (χ2v) is 3.63. The predicted molar refractivity (Wildman–Crippen MR) is 55.7 cm³/mol. The quantitative estimate of drug-likeness (QED) is 0.749. The van der Waals surface area contributed by atoms with Crippen molar-refractivity contribution in [2.45, 2.75) is 12.3 Å². The highest BCUT2D eigenvalue weighted by molar-refractivity contribution is 6.30. The van der Waals surface area contributed by atoms with E-state index in [0.717, 1.165) is 0 Å². The van der Waals surface area contributed by atoms with E-state index in [2.05, 4.69) is 0 Å². The number of carbonyl (C=O) groups is 2. The summed E-state index contributed by atoms with van der Waals surface area (Å²) in [6.45, 7) is 0. The molecule has 0 saturated carbocycles. The molecule has 0 aliphatic carbocycles. The molecule has 1 aromatic rings. The van der Waals surface area contributed by atoms with Crippen LogP contribution in [0.2, 0.25) is 5.02 Å². The standard InChI is InChI=1S/C10H9ClO5/c11-5-1-2-8(12)6(3-5)7(10(15)16)4-9(13)14/h1-3,7,12H,4H2,(H,13,14)(H,15,16). The van der Waals surface area contributed by atoms with Gasteiger partial charge in [0.05, 0.1) is 12.3 Å². The fourth-order valence-corrected chi connectivity index (χ4v) is 1.49. The first-order valence-electron chi connectivity index (χ1n) is 4.35. The van der Waals surface area contributed by atoms with Gasteiger partial charge in [0.2, 0.25) is 0 Å². The lowest BCUT2D eigenvalue weighted by Crippen LogP contribution is -2.16. The van der Waals surface area contributed by atoms with Gasteiger partial charge in [-0.3, -0.25) is 9.59 Å². The molecular formula is C10H9ClO5. The van der Waals surface area contributed by atoms with Gasteiger partial charge in [-0.1, -0.05) is 11.6 Å². The minimum absolute atomic E-state index is 0.00222. The molecule has 1 atom stereocenters. The van der Waals surface area contributed by atoms with Gasteiger partial charge in [-0.2, -0.15) is 0 Å². The van der Waals surface area contributed by atoms with Crippen molar-refractivity contribution in [2.24, 2.45) is 0 Å². The van der Waals surface area contributed by atoms with E-state index >= 15 is 0 Å². The van der Waals surface area contributed by atoms with E-state index in [-0.39, 0.29) is 16.3 Å². The lowest BCUT2D eigenvalue weighted by Gasteiger charge is -2.12. The highest BCUT2D eigenvalue weighted by Crippen LogP contribution is 2.31. The number of phenols is 1. The van der Waals surface area contributed by atoms with Crippen LogP contribution in [-0.4, -0.2) is 27.3 Å². The average Bonchev–Trinajstić information content (AvgIpc) is 2.18. The molecule has 5 nitrogen and oxygen atoms in total. The van der Waals surface area contributed by atoms with Crippen LogP contribution in [0.4, 0.5) is 0 Å². The van der Waals surface area contributed by atoms with Crippen LogP contribution >= 0.6 is 11.6 Å². The van der Waals surface area contributed by atoms with Crippen LogP contribution in [0.3, 0.4) is 0 Å². The first-order valence-corrected chi connectivity index (χ1v) is 4.72. The summed E-state index contributed by atoms with van der Waals surface area (Å²) in [5, 5.41) is 27.1. The van der Waals surface area contributed by atoms with E-state index in [1.54, 1.807) is 0 Å². The van der Waals surface area contributed by atoms with Crippen molar-refractivity contribution in [1.29, 1.82) is 0 Å². The number of hydrogen-bond acceptors (Lipinski definition) is 3. The second-order valence-electron chi connectivity index (χ2n) is 3.19. The third-order valence-electron chi connectivity index (χ3n) is 2.04. The normalized spacial score (nSPS) is 12.1. The van der Waals surface area contributed by atoms with Crippen LogP contribution in [-0.2, 0) is 9.59 Å². The molecule has 0 saturated heterocycles. The lowest BCUT2D eigenvalue weighted by molar-refractivity contribution is -0.145. The second kappa shape index (κ2) is 4.85. The molecule has 0 heterocycles. The predicted octanol–water partition coefficient (Wildman–Crippen LogP) is 1.69. The first-order chi connectivity index (χ1) is 7.41. The summed E-state index contributed by atoms with van der Waals surface area (Å²) < 4.78 is 0. The van der Waals surface area contributed by atoms with E-state index in [1.165, 1.54) is 18.2 Å². The number of rotatable bonds is 4. The first kappa shape index (κ1) is 12.3. The number of benzene rings is 1. The molecule has 0 aliphatic rings. The molecule has 0 aromatic heterocycles. The average molecular weight is 245 g/mol. The SMILES string of the molecule is O=C(O)CC(C(=O)O)c1cc(Cl)ccc1O. The molecule has 86 valence electrons. The van der Waals surface area contributed by atoms with Crippen LogP contribution in [0, 0.1) is 0 Å². The molecule has 1 aromatic carbocycles. The van der Waals surface area contributed by atoms with Crippen molar-refractivity contribution >= 4 is 23.5 Å². The van der Waals surface area contributed by atoms with Gasteiger partial charge in [0, 0.05) is 10.6 Å². The molecule has 0 aliphatic heterocycles. The van der Waals surface area contributed by atoms with Gasteiger partial charge in [-0.25, -0.2) is 0 Å². The summed E-state index contributed by atoms with van der Waals surface area (Å²) in [6, 6.07) is 3.87. The van der Waals surface area contributed by atoms with Gasteiger partial charge in [0.1, 0.15) is 5.75 Å². The van der Waals surface area contributed by atoms with Gasteiger partial charge in [0.15, 0.2) is 0 Å². The molecule has 16 heavy (non-hydrogen) atoms. The van der Waals surface area contributed by atoms with Crippen LogP contribution in [0.25, 0.3) is 0 Å². The van der Waals surface area contributed by atoms with Crippen molar-refractivity contribution in [3.8, 4) is 5.75 Å². The fourth-order valence-electron chi connectivity index (χ4n) is 1.31. The number of carboxylic acids is 2. The molecular weight excluding hydrogens is 236 g/mol. The zero-order chi connectivity index (χ0) is 12.3. The van der Waals surface area contributed by atoms with Crippen molar-refractivity contribution in [3.05, 3.63) is 28.8 Å². The van der Waals surface area contributed by atoms with E-state index in [0.29, 0.717) is 0 Å². The number of carboxylic acid groups (broad SMARTS) is 2. The smallest absolute Gasteiger partial charge is 0.311 e. The largest absolute Gasteiger partial charge is 0.508 e. The molecule has 0 amide bonds. The molecule has 0 spiro atoms. The van der Waals surface area contributed by atoms with E-state index < -0.39 is 24.3 Å². The summed E-state index contributed by atoms with van der Waals surface area (Å²) in [6.07, 6.45) is -0.608. The van der Waals surface area contributed by atoms with E-state index in [4.69, 9.17) is 21.8 Å².